The van der Waals surface area contributed by atoms with E-state index in [1.54, 1.807) is 0 Å². The summed E-state index contributed by atoms with van der Waals surface area (Å²) in [6.45, 7) is 0.0703. The SMILES string of the molecule is O=C1CCCC(c2ccccc2CO)C1. The molecule has 1 aliphatic carbocycles. The number of carbonyl (C=O) groups excluding carboxylic acids is 1. The summed E-state index contributed by atoms with van der Waals surface area (Å²) in [5.74, 6) is 0.689. The van der Waals surface area contributed by atoms with E-state index in [1.165, 1.54) is 0 Å². The van der Waals surface area contributed by atoms with Crippen LogP contribution in [0.5, 0.6) is 0 Å². The van der Waals surface area contributed by atoms with Crippen LogP contribution in [0.15, 0.2) is 24.3 Å². The second-order valence-electron chi connectivity index (χ2n) is 4.19. The van der Waals surface area contributed by atoms with Gasteiger partial charge in [-0.3, -0.25) is 4.79 Å². The monoisotopic (exact) mass is 204 g/mol. The molecule has 0 aromatic heterocycles. The van der Waals surface area contributed by atoms with Crippen molar-refractivity contribution in [2.75, 3.05) is 0 Å². The van der Waals surface area contributed by atoms with Crippen molar-refractivity contribution in [3.8, 4) is 0 Å². The number of carbonyl (C=O) groups is 1. The fourth-order valence-corrected chi connectivity index (χ4v) is 2.37. The van der Waals surface area contributed by atoms with Crippen LogP contribution >= 0.6 is 0 Å². The lowest BCUT2D eigenvalue weighted by atomic mass is 9.81. The molecule has 1 N–H and O–H groups in total. The van der Waals surface area contributed by atoms with Crippen molar-refractivity contribution in [1.82, 2.24) is 0 Å². The third-order valence-electron chi connectivity index (χ3n) is 3.15. The summed E-state index contributed by atoms with van der Waals surface area (Å²) in [4.78, 5) is 11.4. The molecule has 80 valence electrons. The third-order valence-corrected chi connectivity index (χ3v) is 3.15. The summed E-state index contributed by atoms with van der Waals surface area (Å²) in [5.41, 5.74) is 2.13. The maximum Gasteiger partial charge on any atom is 0.133 e. The van der Waals surface area contributed by atoms with E-state index < -0.39 is 0 Å². The molecule has 2 nitrogen and oxygen atoms in total. The van der Waals surface area contributed by atoms with Gasteiger partial charge in [0.15, 0.2) is 0 Å². The van der Waals surface area contributed by atoms with Gasteiger partial charge in [-0.25, -0.2) is 0 Å². The molecule has 0 aliphatic heterocycles. The van der Waals surface area contributed by atoms with Crippen molar-refractivity contribution < 1.29 is 9.90 Å². The van der Waals surface area contributed by atoms with Crippen LogP contribution in [0.4, 0.5) is 0 Å². The second kappa shape index (κ2) is 4.58. The van der Waals surface area contributed by atoms with Crippen LogP contribution in [0.2, 0.25) is 0 Å². The van der Waals surface area contributed by atoms with E-state index in [1.807, 2.05) is 24.3 Å². The van der Waals surface area contributed by atoms with E-state index in [0.29, 0.717) is 18.1 Å². The Labute approximate surface area is 89.9 Å². The number of aliphatic hydroxyl groups excluding tert-OH is 1. The molecule has 1 fully saturated rings. The standard InChI is InChI=1S/C13H16O2/c14-9-11-4-1-2-7-13(11)10-5-3-6-12(15)8-10/h1-2,4,7,10,14H,3,5-6,8-9H2. The number of aliphatic hydroxyl groups is 1. The van der Waals surface area contributed by atoms with Gasteiger partial charge in [0.25, 0.3) is 0 Å². The van der Waals surface area contributed by atoms with Gasteiger partial charge in [-0.1, -0.05) is 24.3 Å². The second-order valence-corrected chi connectivity index (χ2v) is 4.19. The van der Waals surface area contributed by atoms with Crippen molar-refractivity contribution in [2.24, 2.45) is 0 Å². The quantitative estimate of drug-likeness (QED) is 0.803. The minimum atomic E-state index is 0.0703. The fraction of sp³-hybridized carbons (Fsp3) is 0.462. The van der Waals surface area contributed by atoms with Gasteiger partial charge in [-0.05, 0) is 29.9 Å². The zero-order chi connectivity index (χ0) is 10.7. The molecule has 0 radical (unpaired) electrons. The van der Waals surface area contributed by atoms with Crippen molar-refractivity contribution in [3.05, 3.63) is 35.4 Å². The predicted octanol–water partition coefficient (Wildman–Crippen LogP) is 2.41. The Balaban J connectivity index is 2.24. The highest BCUT2D eigenvalue weighted by Gasteiger charge is 2.22. The Bertz CT molecular complexity index is 357. The highest BCUT2D eigenvalue weighted by molar-refractivity contribution is 5.80. The molecule has 0 heterocycles. The smallest absolute Gasteiger partial charge is 0.133 e. The summed E-state index contributed by atoms with van der Waals surface area (Å²) in [5, 5.41) is 9.23. The van der Waals surface area contributed by atoms with Crippen LogP contribution in [0, 0.1) is 0 Å². The van der Waals surface area contributed by atoms with E-state index in [0.717, 1.165) is 30.4 Å². The van der Waals surface area contributed by atoms with Gasteiger partial charge in [0.05, 0.1) is 6.61 Å². The molecule has 15 heavy (non-hydrogen) atoms. The van der Waals surface area contributed by atoms with Crippen LogP contribution in [0.25, 0.3) is 0 Å². The first-order valence-corrected chi connectivity index (χ1v) is 5.51. The Morgan fingerprint density at radius 3 is 2.87 bits per heavy atom. The van der Waals surface area contributed by atoms with Gasteiger partial charge in [-0.15, -0.1) is 0 Å². The largest absolute Gasteiger partial charge is 0.392 e. The van der Waals surface area contributed by atoms with Gasteiger partial charge in [0, 0.05) is 12.8 Å². The van der Waals surface area contributed by atoms with Gasteiger partial charge in [-0.2, -0.15) is 0 Å². The molecule has 0 spiro atoms. The Morgan fingerprint density at radius 1 is 1.33 bits per heavy atom. The lowest BCUT2D eigenvalue weighted by Gasteiger charge is -2.23. The molecule has 1 aliphatic rings. The van der Waals surface area contributed by atoms with E-state index in [-0.39, 0.29) is 6.61 Å². The summed E-state index contributed by atoms with van der Waals surface area (Å²) in [6.07, 6.45) is 3.45. The highest BCUT2D eigenvalue weighted by atomic mass is 16.3. The summed E-state index contributed by atoms with van der Waals surface area (Å²) >= 11 is 0. The molecule has 0 bridgehead atoms. The maximum absolute atomic E-state index is 11.4. The number of benzene rings is 1. The molecule has 2 rings (SSSR count). The molecule has 1 saturated carbocycles. The number of rotatable bonds is 2. The molecular weight excluding hydrogens is 188 g/mol. The maximum atomic E-state index is 11.4. The fourth-order valence-electron chi connectivity index (χ4n) is 2.37. The van der Waals surface area contributed by atoms with Crippen molar-refractivity contribution in [2.45, 2.75) is 38.2 Å². The normalized spacial score (nSPS) is 21.7. The van der Waals surface area contributed by atoms with Crippen LogP contribution < -0.4 is 0 Å². The summed E-state index contributed by atoms with van der Waals surface area (Å²) in [7, 11) is 0. The van der Waals surface area contributed by atoms with Crippen LogP contribution in [0.3, 0.4) is 0 Å². The average molecular weight is 204 g/mol. The predicted molar refractivity (Wildman–Crippen MR) is 58.6 cm³/mol. The molecule has 0 saturated heterocycles. The molecule has 1 aromatic rings. The summed E-state index contributed by atoms with van der Waals surface area (Å²) in [6, 6.07) is 7.89. The first kappa shape index (κ1) is 10.4. The van der Waals surface area contributed by atoms with Crippen molar-refractivity contribution in [1.29, 1.82) is 0 Å². The number of hydrogen-bond donors (Lipinski definition) is 1. The van der Waals surface area contributed by atoms with Gasteiger partial charge in [0.2, 0.25) is 0 Å². The van der Waals surface area contributed by atoms with E-state index >= 15 is 0 Å². The van der Waals surface area contributed by atoms with Crippen LogP contribution in [-0.2, 0) is 11.4 Å². The lowest BCUT2D eigenvalue weighted by molar-refractivity contribution is -0.120. The molecular formula is C13H16O2. The zero-order valence-electron chi connectivity index (χ0n) is 8.78. The lowest BCUT2D eigenvalue weighted by Crippen LogP contribution is -2.14. The molecule has 1 aromatic carbocycles. The van der Waals surface area contributed by atoms with Gasteiger partial charge >= 0.3 is 0 Å². The molecule has 1 atom stereocenters. The number of hydrogen-bond acceptors (Lipinski definition) is 2. The minimum absolute atomic E-state index is 0.0703. The number of ketones is 1. The molecule has 1 unspecified atom stereocenters. The average Bonchev–Trinajstić information content (AvgIpc) is 2.29. The van der Waals surface area contributed by atoms with Crippen molar-refractivity contribution in [3.63, 3.8) is 0 Å². The Morgan fingerprint density at radius 2 is 2.13 bits per heavy atom. The zero-order valence-corrected chi connectivity index (χ0v) is 8.78. The van der Waals surface area contributed by atoms with Gasteiger partial charge < -0.3 is 5.11 Å². The molecule has 2 heteroatoms. The Kier molecular flexibility index (Phi) is 3.17. The van der Waals surface area contributed by atoms with E-state index in [2.05, 4.69) is 0 Å². The third kappa shape index (κ3) is 2.26. The van der Waals surface area contributed by atoms with Crippen molar-refractivity contribution >= 4 is 5.78 Å². The Hall–Kier alpha value is -1.15. The van der Waals surface area contributed by atoms with E-state index in [4.69, 9.17) is 0 Å². The minimum Gasteiger partial charge on any atom is -0.392 e. The summed E-state index contributed by atoms with van der Waals surface area (Å²) < 4.78 is 0. The molecule has 0 amide bonds. The van der Waals surface area contributed by atoms with Gasteiger partial charge in [0.1, 0.15) is 5.78 Å². The van der Waals surface area contributed by atoms with Crippen LogP contribution in [0.1, 0.15) is 42.7 Å². The highest BCUT2D eigenvalue weighted by Crippen LogP contribution is 2.32. The van der Waals surface area contributed by atoms with Crippen LogP contribution in [-0.4, -0.2) is 10.9 Å². The van der Waals surface area contributed by atoms with E-state index in [9.17, 15) is 9.90 Å². The topological polar surface area (TPSA) is 37.3 Å². The first-order chi connectivity index (χ1) is 7.31. The first-order valence-electron chi connectivity index (χ1n) is 5.51. The number of Topliss-reactive ketones (excluding diaryl/α,β-unsaturated/α-hetero) is 1.